The zero-order valence-electron chi connectivity index (χ0n) is 14.2. The van der Waals surface area contributed by atoms with Gasteiger partial charge in [-0.2, -0.15) is 0 Å². The number of thioether (sulfide) groups is 1. The first-order valence-corrected chi connectivity index (χ1v) is 10.00. The second-order valence-electron chi connectivity index (χ2n) is 5.54. The maximum Gasteiger partial charge on any atom is 0.210 e. The third kappa shape index (κ3) is 4.47. The van der Waals surface area contributed by atoms with E-state index in [1.54, 1.807) is 11.8 Å². The van der Waals surface area contributed by atoms with Crippen LogP contribution in [-0.2, 0) is 12.3 Å². The third-order valence-corrected chi connectivity index (χ3v) is 5.70. The van der Waals surface area contributed by atoms with E-state index < -0.39 is 0 Å². The summed E-state index contributed by atoms with van der Waals surface area (Å²) in [6.07, 6.45) is 0.992. The number of halogens is 1. The lowest BCUT2D eigenvalue weighted by molar-refractivity contribution is 0.564. The largest absolute Gasteiger partial charge is 0.329 e. The standard InChI is InChI=1S/C15H18ClN7S2/c1-4-5-23-12(18-21-22-23)8-24-15-20-19-14(25-15)17-13-10(3)6-9(2)7-11(13)16/h6-7H,4-5,8H2,1-3H3,(H,17,19). The second-order valence-corrected chi connectivity index (χ2v) is 8.15. The number of nitrogens with zero attached hydrogens (tertiary/aromatic N) is 6. The lowest BCUT2D eigenvalue weighted by Crippen LogP contribution is -2.04. The Labute approximate surface area is 159 Å². The number of rotatable bonds is 7. The van der Waals surface area contributed by atoms with Crippen molar-refractivity contribution in [1.82, 2.24) is 30.4 Å². The predicted octanol–water partition coefficient (Wildman–Crippen LogP) is 4.24. The third-order valence-electron chi connectivity index (χ3n) is 3.44. The highest BCUT2D eigenvalue weighted by Gasteiger charge is 2.12. The number of hydrogen-bond donors (Lipinski definition) is 1. The lowest BCUT2D eigenvalue weighted by atomic mass is 10.1. The van der Waals surface area contributed by atoms with Crippen molar-refractivity contribution in [3.8, 4) is 0 Å². The van der Waals surface area contributed by atoms with Crippen LogP contribution in [0.25, 0.3) is 0 Å². The van der Waals surface area contributed by atoms with Crippen LogP contribution in [0.4, 0.5) is 10.8 Å². The first kappa shape index (κ1) is 18.1. The molecule has 0 unspecified atom stereocenters. The molecule has 0 aliphatic carbocycles. The fourth-order valence-electron chi connectivity index (χ4n) is 2.34. The maximum absolute atomic E-state index is 6.33. The average Bonchev–Trinajstić information content (AvgIpc) is 3.18. The Bertz CT molecular complexity index is 838. The Morgan fingerprint density at radius 3 is 2.84 bits per heavy atom. The van der Waals surface area contributed by atoms with Crippen LogP contribution in [0.3, 0.4) is 0 Å². The number of anilines is 2. The molecule has 1 aromatic carbocycles. The molecule has 0 saturated heterocycles. The summed E-state index contributed by atoms with van der Waals surface area (Å²) in [7, 11) is 0. The van der Waals surface area contributed by atoms with E-state index in [0.717, 1.165) is 39.9 Å². The van der Waals surface area contributed by atoms with Crippen molar-refractivity contribution < 1.29 is 0 Å². The predicted molar refractivity (Wildman–Crippen MR) is 102 cm³/mol. The van der Waals surface area contributed by atoms with Crippen LogP contribution < -0.4 is 5.32 Å². The molecule has 0 bridgehead atoms. The zero-order valence-corrected chi connectivity index (χ0v) is 16.5. The highest BCUT2D eigenvalue weighted by molar-refractivity contribution is 8.00. The number of tetrazole rings is 1. The summed E-state index contributed by atoms with van der Waals surface area (Å²) < 4.78 is 2.68. The van der Waals surface area contributed by atoms with Crippen molar-refractivity contribution in [2.75, 3.05) is 5.32 Å². The van der Waals surface area contributed by atoms with Crippen molar-refractivity contribution >= 4 is 45.5 Å². The van der Waals surface area contributed by atoms with Gasteiger partial charge in [-0.1, -0.05) is 47.7 Å². The van der Waals surface area contributed by atoms with E-state index in [0.29, 0.717) is 15.9 Å². The molecule has 2 heterocycles. The summed E-state index contributed by atoms with van der Waals surface area (Å²) in [6, 6.07) is 4.01. The minimum atomic E-state index is 0.659. The first-order chi connectivity index (χ1) is 12.1. The Kier molecular flexibility index (Phi) is 5.87. The molecule has 10 heteroatoms. The molecule has 1 N–H and O–H groups in total. The van der Waals surface area contributed by atoms with Gasteiger partial charge in [-0.15, -0.1) is 15.3 Å². The summed E-state index contributed by atoms with van der Waals surface area (Å²) in [5.41, 5.74) is 3.08. The van der Waals surface area contributed by atoms with Crippen LogP contribution in [-0.4, -0.2) is 30.4 Å². The van der Waals surface area contributed by atoms with E-state index >= 15 is 0 Å². The topological polar surface area (TPSA) is 81.4 Å². The van der Waals surface area contributed by atoms with Gasteiger partial charge < -0.3 is 5.32 Å². The second kappa shape index (κ2) is 8.11. The van der Waals surface area contributed by atoms with E-state index in [1.165, 1.54) is 11.3 Å². The number of aryl methyl sites for hydroxylation is 3. The molecule has 0 spiro atoms. The van der Waals surface area contributed by atoms with Gasteiger partial charge in [0.2, 0.25) is 5.13 Å². The van der Waals surface area contributed by atoms with Gasteiger partial charge in [0.15, 0.2) is 10.2 Å². The number of hydrogen-bond acceptors (Lipinski definition) is 8. The van der Waals surface area contributed by atoms with Crippen LogP contribution in [0.5, 0.6) is 0 Å². The van der Waals surface area contributed by atoms with Gasteiger partial charge in [-0.25, -0.2) is 4.68 Å². The fraction of sp³-hybridized carbons (Fsp3) is 0.400. The normalized spacial score (nSPS) is 11.0. The van der Waals surface area contributed by atoms with Crippen LogP contribution in [0, 0.1) is 13.8 Å². The van der Waals surface area contributed by atoms with E-state index in [-0.39, 0.29) is 0 Å². The summed E-state index contributed by atoms with van der Waals surface area (Å²) in [5.74, 6) is 1.50. The minimum absolute atomic E-state index is 0.659. The Morgan fingerprint density at radius 2 is 2.08 bits per heavy atom. The fourth-order valence-corrected chi connectivity index (χ4v) is 4.40. The van der Waals surface area contributed by atoms with Gasteiger partial charge in [0.1, 0.15) is 0 Å². The van der Waals surface area contributed by atoms with Gasteiger partial charge in [0, 0.05) is 6.54 Å². The van der Waals surface area contributed by atoms with Crippen molar-refractivity contribution in [3.05, 3.63) is 34.1 Å². The maximum atomic E-state index is 6.33. The Morgan fingerprint density at radius 1 is 1.24 bits per heavy atom. The summed E-state index contributed by atoms with van der Waals surface area (Å²) in [4.78, 5) is 0. The molecule has 0 radical (unpaired) electrons. The Balaban J connectivity index is 1.66. The molecule has 3 aromatic rings. The summed E-state index contributed by atoms with van der Waals surface area (Å²) in [6.45, 7) is 6.95. The van der Waals surface area contributed by atoms with Gasteiger partial charge in [0.25, 0.3) is 0 Å². The van der Waals surface area contributed by atoms with Gasteiger partial charge in [-0.05, 0) is 47.9 Å². The highest BCUT2D eigenvalue weighted by Crippen LogP contribution is 2.33. The first-order valence-electron chi connectivity index (χ1n) is 7.82. The van der Waals surface area contributed by atoms with Crippen molar-refractivity contribution in [2.45, 2.75) is 43.8 Å². The summed E-state index contributed by atoms with van der Waals surface area (Å²) >= 11 is 9.38. The molecule has 2 aromatic heterocycles. The van der Waals surface area contributed by atoms with E-state index in [2.05, 4.69) is 44.0 Å². The molecule has 7 nitrogen and oxygen atoms in total. The van der Waals surface area contributed by atoms with Crippen LogP contribution >= 0.6 is 34.7 Å². The highest BCUT2D eigenvalue weighted by atomic mass is 35.5. The van der Waals surface area contributed by atoms with E-state index in [9.17, 15) is 0 Å². The van der Waals surface area contributed by atoms with Crippen molar-refractivity contribution in [2.24, 2.45) is 0 Å². The quantitative estimate of drug-likeness (QED) is 0.599. The molecular weight excluding hydrogens is 378 g/mol. The van der Waals surface area contributed by atoms with Crippen LogP contribution in [0.1, 0.15) is 30.3 Å². The van der Waals surface area contributed by atoms with Gasteiger partial charge in [-0.3, -0.25) is 0 Å². The SMILES string of the molecule is CCCn1nnnc1CSc1nnc(Nc2c(C)cc(C)cc2Cl)s1. The minimum Gasteiger partial charge on any atom is -0.329 e. The van der Waals surface area contributed by atoms with Crippen molar-refractivity contribution in [3.63, 3.8) is 0 Å². The van der Waals surface area contributed by atoms with Crippen molar-refractivity contribution in [1.29, 1.82) is 0 Å². The summed E-state index contributed by atoms with van der Waals surface area (Å²) in [5, 5.41) is 24.8. The molecule has 3 rings (SSSR count). The molecule has 0 aliphatic heterocycles. The number of aromatic nitrogens is 6. The number of nitrogens with one attached hydrogen (secondary N) is 1. The Hall–Kier alpha value is -1.71. The van der Waals surface area contributed by atoms with Crippen LogP contribution in [0.2, 0.25) is 5.02 Å². The van der Waals surface area contributed by atoms with Crippen LogP contribution in [0.15, 0.2) is 16.5 Å². The van der Waals surface area contributed by atoms with E-state index in [1.807, 2.05) is 24.6 Å². The molecule has 25 heavy (non-hydrogen) atoms. The monoisotopic (exact) mass is 395 g/mol. The zero-order chi connectivity index (χ0) is 17.8. The lowest BCUT2D eigenvalue weighted by Gasteiger charge is -2.09. The molecule has 0 fully saturated rings. The molecule has 0 atom stereocenters. The molecular formula is C15H18ClN7S2. The molecule has 132 valence electrons. The van der Waals surface area contributed by atoms with E-state index in [4.69, 9.17) is 11.6 Å². The van der Waals surface area contributed by atoms with Gasteiger partial charge in [0.05, 0.1) is 16.5 Å². The molecule has 0 saturated carbocycles. The molecule has 0 amide bonds. The smallest absolute Gasteiger partial charge is 0.210 e. The average molecular weight is 396 g/mol. The van der Waals surface area contributed by atoms with Gasteiger partial charge >= 0.3 is 0 Å². The number of benzene rings is 1. The molecule has 0 aliphatic rings.